The Morgan fingerprint density at radius 2 is 2.07 bits per heavy atom. The van der Waals surface area contributed by atoms with Gasteiger partial charge >= 0.3 is 0 Å². The summed E-state index contributed by atoms with van der Waals surface area (Å²) >= 11 is 5.91. The number of carbonyl (C=O) groups excluding carboxylic acids is 1. The van der Waals surface area contributed by atoms with E-state index < -0.39 is 11.7 Å². The van der Waals surface area contributed by atoms with Crippen molar-refractivity contribution in [3.63, 3.8) is 0 Å². The second-order valence-electron chi connectivity index (χ2n) is 6.78. The molecule has 0 unspecified atom stereocenters. The largest absolute Gasteiger partial charge is 0.467 e. The molecular weight excluding hydrogens is 371 g/mol. The number of aromatic nitrogens is 2. The molecule has 2 heterocycles. The molecule has 0 saturated carbocycles. The van der Waals surface area contributed by atoms with E-state index in [0.717, 1.165) is 37.7 Å². The van der Waals surface area contributed by atoms with Crippen molar-refractivity contribution >= 4 is 29.1 Å². The van der Waals surface area contributed by atoms with Crippen LogP contribution in [-0.2, 0) is 4.79 Å². The maximum atomic E-state index is 13.1. The van der Waals surface area contributed by atoms with Gasteiger partial charge in [-0.25, -0.2) is 9.37 Å². The van der Waals surface area contributed by atoms with Gasteiger partial charge in [0.2, 0.25) is 11.8 Å². The van der Waals surface area contributed by atoms with Crippen LogP contribution in [0.15, 0.2) is 24.3 Å². The molecule has 1 saturated heterocycles. The second-order valence-corrected chi connectivity index (χ2v) is 7.19. The Bertz CT molecular complexity index is 825. The Labute approximate surface area is 162 Å². The van der Waals surface area contributed by atoms with E-state index >= 15 is 0 Å². The average molecular weight is 393 g/mol. The number of ether oxygens (including phenoxy) is 1. The predicted molar refractivity (Wildman–Crippen MR) is 103 cm³/mol. The fourth-order valence-corrected chi connectivity index (χ4v) is 3.08. The van der Waals surface area contributed by atoms with E-state index in [1.807, 2.05) is 6.92 Å². The number of aryl methyl sites for hydroxylation is 1. The van der Waals surface area contributed by atoms with Gasteiger partial charge in [0.25, 0.3) is 5.91 Å². The van der Waals surface area contributed by atoms with Crippen molar-refractivity contribution in [1.82, 2.24) is 9.97 Å². The van der Waals surface area contributed by atoms with Crippen LogP contribution in [-0.4, -0.2) is 35.6 Å². The third-order valence-electron chi connectivity index (χ3n) is 4.44. The summed E-state index contributed by atoms with van der Waals surface area (Å²) in [6, 6.07) is 5.45. The maximum Gasteiger partial charge on any atom is 0.262 e. The van der Waals surface area contributed by atoms with E-state index in [1.54, 1.807) is 6.07 Å². The van der Waals surface area contributed by atoms with Crippen molar-refractivity contribution in [2.24, 2.45) is 5.92 Å². The van der Waals surface area contributed by atoms with Crippen LogP contribution in [0.3, 0.4) is 0 Å². The Balaban J connectivity index is 1.61. The summed E-state index contributed by atoms with van der Waals surface area (Å²) in [6.07, 6.45) is 2.21. The van der Waals surface area contributed by atoms with Crippen LogP contribution in [0.25, 0.3) is 0 Å². The number of benzene rings is 1. The van der Waals surface area contributed by atoms with E-state index in [4.69, 9.17) is 16.3 Å². The highest BCUT2D eigenvalue weighted by atomic mass is 35.5. The quantitative estimate of drug-likeness (QED) is 0.837. The Morgan fingerprint density at radius 3 is 2.78 bits per heavy atom. The van der Waals surface area contributed by atoms with E-state index in [-0.39, 0.29) is 11.6 Å². The molecule has 0 spiro atoms. The van der Waals surface area contributed by atoms with Crippen molar-refractivity contribution in [3.8, 4) is 5.88 Å². The molecule has 1 N–H and O–H groups in total. The molecule has 1 aliphatic heterocycles. The number of nitrogens with zero attached hydrogens (tertiary/aromatic N) is 3. The number of piperidine rings is 1. The smallest absolute Gasteiger partial charge is 0.262 e. The standard InChI is InChI=1S/C19H22ClFN4O2/c1-12-5-7-25(8-6-12)19-22-13(2)9-18(24-19)27-11-17(26)23-16-4-3-14(21)10-15(16)20/h3-4,9-10,12H,5-8,11H2,1-2H3,(H,23,26). The number of hydrogen-bond acceptors (Lipinski definition) is 5. The van der Waals surface area contributed by atoms with Gasteiger partial charge in [-0.1, -0.05) is 18.5 Å². The summed E-state index contributed by atoms with van der Waals surface area (Å²) in [5.41, 5.74) is 1.10. The van der Waals surface area contributed by atoms with Crippen LogP contribution in [0.2, 0.25) is 5.02 Å². The van der Waals surface area contributed by atoms with Crippen molar-refractivity contribution in [3.05, 3.63) is 40.8 Å². The highest BCUT2D eigenvalue weighted by molar-refractivity contribution is 6.33. The Morgan fingerprint density at radius 1 is 1.33 bits per heavy atom. The van der Waals surface area contributed by atoms with Gasteiger partial charge in [-0.2, -0.15) is 4.98 Å². The number of halogens is 2. The van der Waals surface area contributed by atoms with E-state index in [0.29, 0.717) is 23.4 Å². The van der Waals surface area contributed by atoms with Crippen LogP contribution in [0.1, 0.15) is 25.5 Å². The number of hydrogen-bond donors (Lipinski definition) is 1. The van der Waals surface area contributed by atoms with Crippen LogP contribution in [0, 0.1) is 18.7 Å². The zero-order valence-electron chi connectivity index (χ0n) is 15.3. The summed E-state index contributed by atoms with van der Waals surface area (Å²) in [5, 5.41) is 2.72. The minimum Gasteiger partial charge on any atom is -0.467 e. The third-order valence-corrected chi connectivity index (χ3v) is 4.75. The first-order valence-corrected chi connectivity index (χ1v) is 9.27. The summed E-state index contributed by atoms with van der Waals surface area (Å²) in [6.45, 7) is 5.69. The van der Waals surface area contributed by atoms with Crippen LogP contribution in [0.5, 0.6) is 5.88 Å². The minimum atomic E-state index is -0.467. The summed E-state index contributed by atoms with van der Waals surface area (Å²) in [5.74, 6) is 0.803. The number of amides is 1. The molecular formula is C19H22ClFN4O2. The van der Waals surface area contributed by atoms with E-state index in [9.17, 15) is 9.18 Å². The van der Waals surface area contributed by atoms with Gasteiger partial charge in [0.1, 0.15) is 5.82 Å². The molecule has 1 aromatic heterocycles. The molecule has 1 aromatic carbocycles. The minimum absolute atomic E-state index is 0.128. The highest BCUT2D eigenvalue weighted by Crippen LogP contribution is 2.23. The average Bonchev–Trinajstić information content (AvgIpc) is 2.62. The first-order chi connectivity index (χ1) is 12.9. The van der Waals surface area contributed by atoms with Crippen LogP contribution in [0.4, 0.5) is 16.0 Å². The number of anilines is 2. The summed E-state index contributed by atoms with van der Waals surface area (Å²) in [7, 11) is 0. The number of nitrogens with one attached hydrogen (secondary N) is 1. The van der Waals surface area contributed by atoms with Crippen molar-refractivity contribution < 1.29 is 13.9 Å². The van der Waals surface area contributed by atoms with Gasteiger partial charge in [0, 0.05) is 24.8 Å². The molecule has 0 radical (unpaired) electrons. The third kappa shape index (κ3) is 5.29. The lowest BCUT2D eigenvalue weighted by molar-refractivity contribution is -0.118. The first-order valence-electron chi connectivity index (χ1n) is 8.89. The van der Waals surface area contributed by atoms with E-state index in [2.05, 4.69) is 27.1 Å². The van der Waals surface area contributed by atoms with Gasteiger partial charge < -0.3 is 15.0 Å². The predicted octanol–water partition coefficient (Wildman–Crippen LogP) is 3.83. The van der Waals surface area contributed by atoms with Gasteiger partial charge in [0.15, 0.2) is 6.61 Å². The number of rotatable bonds is 5. The molecule has 6 nitrogen and oxygen atoms in total. The lowest BCUT2D eigenvalue weighted by Gasteiger charge is -2.30. The van der Waals surface area contributed by atoms with Crippen molar-refractivity contribution in [2.75, 3.05) is 29.9 Å². The zero-order valence-corrected chi connectivity index (χ0v) is 16.1. The Kier molecular flexibility index (Phi) is 6.11. The normalized spacial score (nSPS) is 14.9. The van der Waals surface area contributed by atoms with E-state index in [1.165, 1.54) is 12.1 Å². The van der Waals surface area contributed by atoms with Crippen molar-refractivity contribution in [2.45, 2.75) is 26.7 Å². The SMILES string of the molecule is Cc1cc(OCC(=O)Nc2ccc(F)cc2Cl)nc(N2CCC(C)CC2)n1. The lowest BCUT2D eigenvalue weighted by Crippen LogP contribution is -2.34. The first kappa shape index (κ1) is 19.4. The molecule has 3 rings (SSSR count). The second kappa shape index (κ2) is 8.52. The van der Waals surface area contributed by atoms with Crippen LogP contribution < -0.4 is 15.0 Å². The van der Waals surface area contributed by atoms with Gasteiger partial charge in [-0.3, -0.25) is 4.79 Å². The lowest BCUT2D eigenvalue weighted by atomic mass is 10.00. The fraction of sp³-hybridized carbons (Fsp3) is 0.421. The summed E-state index contributed by atoms with van der Waals surface area (Å²) < 4.78 is 18.6. The maximum absolute atomic E-state index is 13.1. The van der Waals surface area contributed by atoms with Crippen LogP contribution >= 0.6 is 11.6 Å². The van der Waals surface area contributed by atoms with Crippen molar-refractivity contribution in [1.29, 1.82) is 0 Å². The van der Waals surface area contributed by atoms with Gasteiger partial charge in [-0.15, -0.1) is 0 Å². The van der Waals surface area contributed by atoms with Gasteiger partial charge in [0.05, 0.1) is 10.7 Å². The zero-order chi connectivity index (χ0) is 19.4. The van der Waals surface area contributed by atoms with Gasteiger partial charge in [-0.05, 0) is 43.9 Å². The topological polar surface area (TPSA) is 67.3 Å². The molecule has 144 valence electrons. The number of carbonyl (C=O) groups is 1. The highest BCUT2D eigenvalue weighted by Gasteiger charge is 2.19. The molecule has 27 heavy (non-hydrogen) atoms. The molecule has 1 fully saturated rings. The molecule has 2 aromatic rings. The molecule has 0 atom stereocenters. The Hall–Kier alpha value is -2.41. The molecule has 8 heteroatoms. The monoisotopic (exact) mass is 392 g/mol. The molecule has 0 aliphatic carbocycles. The molecule has 1 aliphatic rings. The molecule has 0 bridgehead atoms. The fourth-order valence-electron chi connectivity index (χ4n) is 2.87. The summed E-state index contributed by atoms with van der Waals surface area (Å²) in [4.78, 5) is 23.1. The molecule has 1 amide bonds.